The van der Waals surface area contributed by atoms with Gasteiger partial charge in [-0.15, -0.1) is 0 Å². The number of nitrogens with two attached hydrogens (primary N) is 1. The van der Waals surface area contributed by atoms with E-state index in [-0.39, 0.29) is 0 Å². The van der Waals surface area contributed by atoms with Crippen molar-refractivity contribution in [3.8, 4) is 16.9 Å². The molecule has 1 aromatic carbocycles. The van der Waals surface area contributed by atoms with Gasteiger partial charge in [0.25, 0.3) is 0 Å². The maximum atomic E-state index is 5.95. The van der Waals surface area contributed by atoms with Gasteiger partial charge in [-0.3, -0.25) is 5.10 Å². The van der Waals surface area contributed by atoms with E-state index in [0.29, 0.717) is 5.82 Å². The standard InChI is InChI=1S/C14H19N3O/c1-4-5-11-13(14(15)17-16-11)10-6-7-12(18-3)9(2)8-10/h6-8H,4-5H2,1-3H3,(H3,15,16,17). The maximum absolute atomic E-state index is 5.95. The average molecular weight is 245 g/mol. The number of nitrogens with zero attached hydrogens (tertiary/aromatic N) is 1. The monoisotopic (exact) mass is 245 g/mol. The summed E-state index contributed by atoms with van der Waals surface area (Å²) in [6, 6.07) is 6.07. The molecule has 0 spiro atoms. The van der Waals surface area contributed by atoms with Crippen LogP contribution in [0.3, 0.4) is 0 Å². The van der Waals surface area contributed by atoms with Crippen molar-refractivity contribution in [2.75, 3.05) is 12.8 Å². The molecule has 0 saturated carbocycles. The number of nitrogens with one attached hydrogen (secondary N) is 1. The summed E-state index contributed by atoms with van der Waals surface area (Å²) in [6.45, 7) is 4.16. The molecular weight excluding hydrogens is 226 g/mol. The van der Waals surface area contributed by atoms with Crippen molar-refractivity contribution in [2.24, 2.45) is 0 Å². The van der Waals surface area contributed by atoms with Crippen LogP contribution in [0.25, 0.3) is 11.1 Å². The normalized spacial score (nSPS) is 10.6. The van der Waals surface area contributed by atoms with Gasteiger partial charge in [0.1, 0.15) is 5.75 Å². The first-order chi connectivity index (χ1) is 8.67. The molecule has 18 heavy (non-hydrogen) atoms. The molecule has 3 N–H and O–H groups in total. The number of aromatic nitrogens is 2. The molecule has 0 aliphatic rings. The van der Waals surface area contributed by atoms with Crippen molar-refractivity contribution in [3.05, 3.63) is 29.5 Å². The van der Waals surface area contributed by atoms with Crippen molar-refractivity contribution >= 4 is 5.82 Å². The Morgan fingerprint density at radius 1 is 1.39 bits per heavy atom. The number of benzene rings is 1. The summed E-state index contributed by atoms with van der Waals surface area (Å²) in [5.41, 5.74) is 10.2. The molecule has 2 aromatic rings. The van der Waals surface area contributed by atoms with Crippen molar-refractivity contribution in [1.29, 1.82) is 0 Å². The number of anilines is 1. The third kappa shape index (κ3) is 2.18. The second-order valence-corrected chi connectivity index (χ2v) is 4.40. The highest BCUT2D eigenvalue weighted by Crippen LogP contribution is 2.31. The highest BCUT2D eigenvalue weighted by atomic mass is 16.5. The Bertz CT molecular complexity index is 546. The van der Waals surface area contributed by atoms with E-state index in [9.17, 15) is 0 Å². The predicted molar refractivity (Wildman–Crippen MR) is 73.7 cm³/mol. The molecule has 1 aromatic heterocycles. The van der Waals surface area contributed by atoms with Crippen molar-refractivity contribution in [2.45, 2.75) is 26.7 Å². The average Bonchev–Trinajstić information content (AvgIpc) is 2.71. The Morgan fingerprint density at radius 2 is 2.17 bits per heavy atom. The van der Waals surface area contributed by atoms with E-state index in [1.165, 1.54) is 0 Å². The zero-order valence-corrected chi connectivity index (χ0v) is 11.1. The molecule has 0 radical (unpaired) electrons. The molecule has 4 nitrogen and oxygen atoms in total. The van der Waals surface area contributed by atoms with E-state index >= 15 is 0 Å². The van der Waals surface area contributed by atoms with Crippen LogP contribution in [0.5, 0.6) is 5.75 Å². The fraction of sp³-hybridized carbons (Fsp3) is 0.357. The topological polar surface area (TPSA) is 63.9 Å². The number of H-pyrrole nitrogens is 1. The lowest BCUT2D eigenvalue weighted by molar-refractivity contribution is 0.412. The van der Waals surface area contributed by atoms with E-state index in [2.05, 4.69) is 23.2 Å². The lowest BCUT2D eigenvalue weighted by Crippen LogP contribution is -1.93. The second-order valence-electron chi connectivity index (χ2n) is 4.40. The number of methoxy groups -OCH3 is 1. The lowest BCUT2D eigenvalue weighted by Gasteiger charge is -2.08. The number of rotatable bonds is 4. The molecular formula is C14H19N3O. The molecule has 0 saturated heterocycles. The van der Waals surface area contributed by atoms with E-state index in [4.69, 9.17) is 10.5 Å². The summed E-state index contributed by atoms with van der Waals surface area (Å²) >= 11 is 0. The molecule has 0 aliphatic heterocycles. The van der Waals surface area contributed by atoms with Gasteiger partial charge >= 0.3 is 0 Å². The SMILES string of the molecule is CCCc1[nH]nc(N)c1-c1ccc(OC)c(C)c1. The van der Waals surface area contributed by atoms with Crippen LogP contribution in [-0.2, 0) is 6.42 Å². The fourth-order valence-electron chi connectivity index (χ4n) is 2.18. The van der Waals surface area contributed by atoms with Gasteiger partial charge in [0.15, 0.2) is 5.82 Å². The lowest BCUT2D eigenvalue weighted by atomic mass is 10.0. The number of nitrogen functional groups attached to an aromatic ring is 1. The summed E-state index contributed by atoms with van der Waals surface area (Å²) < 4.78 is 5.27. The molecule has 1 heterocycles. The van der Waals surface area contributed by atoms with Gasteiger partial charge in [-0.2, -0.15) is 5.10 Å². The molecule has 0 bridgehead atoms. The van der Waals surface area contributed by atoms with Gasteiger partial charge in [-0.1, -0.05) is 19.4 Å². The quantitative estimate of drug-likeness (QED) is 0.870. The minimum atomic E-state index is 0.558. The summed E-state index contributed by atoms with van der Waals surface area (Å²) in [4.78, 5) is 0. The van der Waals surface area contributed by atoms with Gasteiger partial charge in [0, 0.05) is 11.3 Å². The minimum Gasteiger partial charge on any atom is -0.496 e. The van der Waals surface area contributed by atoms with E-state index in [1.807, 2.05) is 19.1 Å². The first-order valence-corrected chi connectivity index (χ1v) is 6.15. The van der Waals surface area contributed by atoms with Crippen molar-refractivity contribution < 1.29 is 4.74 Å². The van der Waals surface area contributed by atoms with Crippen LogP contribution < -0.4 is 10.5 Å². The zero-order valence-electron chi connectivity index (χ0n) is 11.1. The van der Waals surface area contributed by atoms with Crippen molar-refractivity contribution in [3.63, 3.8) is 0 Å². The third-order valence-corrected chi connectivity index (χ3v) is 3.05. The van der Waals surface area contributed by atoms with Crippen LogP contribution in [0.2, 0.25) is 0 Å². The van der Waals surface area contributed by atoms with Crippen LogP contribution in [0, 0.1) is 6.92 Å². The highest BCUT2D eigenvalue weighted by Gasteiger charge is 2.13. The smallest absolute Gasteiger partial charge is 0.153 e. The number of aromatic amines is 1. The molecule has 0 fully saturated rings. The Kier molecular flexibility index (Phi) is 3.55. The molecule has 0 atom stereocenters. The van der Waals surface area contributed by atoms with E-state index in [1.54, 1.807) is 7.11 Å². The zero-order chi connectivity index (χ0) is 13.1. The number of hydrogen-bond donors (Lipinski definition) is 2. The van der Waals surface area contributed by atoms with Crippen LogP contribution in [0.4, 0.5) is 5.82 Å². The number of ether oxygens (including phenoxy) is 1. The maximum Gasteiger partial charge on any atom is 0.153 e. The first kappa shape index (κ1) is 12.5. The highest BCUT2D eigenvalue weighted by molar-refractivity contribution is 5.77. The third-order valence-electron chi connectivity index (χ3n) is 3.05. The van der Waals surface area contributed by atoms with Gasteiger partial charge < -0.3 is 10.5 Å². The molecule has 4 heteroatoms. The number of hydrogen-bond acceptors (Lipinski definition) is 3. The molecule has 96 valence electrons. The molecule has 0 unspecified atom stereocenters. The Hall–Kier alpha value is -1.97. The van der Waals surface area contributed by atoms with E-state index < -0.39 is 0 Å². The van der Waals surface area contributed by atoms with Crippen LogP contribution >= 0.6 is 0 Å². The van der Waals surface area contributed by atoms with Crippen LogP contribution in [0.15, 0.2) is 18.2 Å². The summed E-state index contributed by atoms with van der Waals surface area (Å²) in [6.07, 6.45) is 2.01. The summed E-state index contributed by atoms with van der Waals surface area (Å²) in [5.74, 6) is 1.45. The second kappa shape index (κ2) is 5.12. The fourth-order valence-corrected chi connectivity index (χ4v) is 2.18. The Balaban J connectivity index is 2.48. The molecule has 0 amide bonds. The van der Waals surface area contributed by atoms with E-state index in [0.717, 1.165) is 41.0 Å². The first-order valence-electron chi connectivity index (χ1n) is 6.15. The van der Waals surface area contributed by atoms with Gasteiger partial charge in [-0.25, -0.2) is 0 Å². The summed E-state index contributed by atoms with van der Waals surface area (Å²) in [7, 11) is 1.68. The number of aryl methyl sites for hydroxylation is 2. The summed E-state index contributed by atoms with van der Waals surface area (Å²) in [5, 5.41) is 7.12. The Morgan fingerprint density at radius 3 is 2.78 bits per heavy atom. The van der Waals surface area contributed by atoms with Gasteiger partial charge in [0.2, 0.25) is 0 Å². The van der Waals surface area contributed by atoms with Crippen LogP contribution in [0.1, 0.15) is 24.6 Å². The predicted octanol–water partition coefficient (Wildman–Crippen LogP) is 2.93. The largest absolute Gasteiger partial charge is 0.496 e. The van der Waals surface area contributed by atoms with Gasteiger partial charge in [0.05, 0.1) is 7.11 Å². The Labute approximate surface area is 107 Å². The van der Waals surface area contributed by atoms with Crippen molar-refractivity contribution in [1.82, 2.24) is 10.2 Å². The minimum absolute atomic E-state index is 0.558. The molecule has 0 aliphatic carbocycles. The van der Waals surface area contributed by atoms with Gasteiger partial charge in [-0.05, 0) is 36.6 Å². The van der Waals surface area contributed by atoms with Crippen LogP contribution in [-0.4, -0.2) is 17.3 Å². The molecule has 2 rings (SSSR count).